The van der Waals surface area contributed by atoms with Gasteiger partial charge in [0.2, 0.25) is 0 Å². The number of benzene rings is 9. The Morgan fingerprint density at radius 1 is 0.351 bits per heavy atom. The standard InChI is InChI=1S/C72H72BNO3/c1-69(2,3)53-33-50(34-54(43-53)70(4,5)6)46-29-31-63-61(39-46)73-62-40-47(51-35-55(71(7,8)9)44-56(36-51)72(10,11)12)30-32-65(62)77-66-42-52(45-21-16-15-17-22-45)41-64(67(66)73)74(63)68-59(48-23-18-25-57(37-48)75-13)27-20-28-60(68)49-24-19-26-58(38-49)76-14/h15-44H,1-14H3. The molecule has 11 rings (SSSR count). The summed E-state index contributed by atoms with van der Waals surface area (Å²) in [6.07, 6.45) is 0. The first-order valence-electron chi connectivity index (χ1n) is 27.3. The second kappa shape index (κ2) is 19.1. The predicted molar refractivity (Wildman–Crippen MR) is 327 cm³/mol. The molecule has 386 valence electrons. The van der Waals surface area contributed by atoms with Crippen LogP contribution in [-0.4, -0.2) is 20.9 Å². The number of methoxy groups -OCH3 is 2. The van der Waals surface area contributed by atoms with Crippen LogP contribution in [0.3, 0.4) is 0 Å². The summed E-state index contributed by atoms with van der Waals surface area (Å²) in [7, 11) is 3.48. The van der Waals surface area contributed by atoms with E-state index in [1.807, 2.05) is 12.1 Å². The molecule has 0 radical (unpaired) electrons. The number of hydrogen-bond donors (Lipinski definition) is 0. The molecule has 77 heavy (non-hydrogen) atoms. The monoisotopic (exact) mass is 1010 g/mol. The van der Waals surface area contributed by atoms with Gasteiger partial charge < -0.3 is 19.1 Å². The topological polar surface area (TPSA) is 30.9 Å². The minimum absolute atomic E-state index is 0.0398. The average Bonchev–Trinajstić information content (AvgIpc) is 3.49. The Kier molecular flexibility index (Phi) is 12.7. The SMILES string of the molecule is COc1cccc(-c2cccc(-c3cccc(OC)c3)c2N2c3ccc(-c4cc(C(C)(C)C)cc(C(C)(C)C)c4)cc3B3c4cc(-c5cc(C(C)(C)C)cc(C(C)(C)C)c5)ccc4Oc4cc(-c5ccccc5)cc2c43)c1. The number of rotatable bonds is 8. The van der Waals surface area contributed by atoms with Crippen molar-refractivity contribution in [3.63, 3.8) is 0 Å². The first-order valence-corrected chi connectivity index (χ1v) is 27.3. The molecular weight excluding hydrogens is 938 g/mol. The molecular formula is C72H72BNO3. The maximum Gasteiger partial charge on any atom is 0.256 e. The highest BCUT2D eigenvalue weighted by molar-refractivity contribution is 6.99. The number of fused-ring (bicyclic) bond motifs is 4. The predicted octanol–water partition coefficient (Wildman–Crippen LogP) is 17.6. The lowest BCUT2D eigenvalue weighted by molar-refractivity contribution is 0.415. The van der Waals surface area contributed by atoms with Crippen molar-refractivity contribution in [1.82, 2.24) is 0 Å². The summed E-state index contributed by atoms with van der Waals surface area (Å²) in [5.41, 5.74) is 23.0. The quantitative estimate of drug-likeness (QED) is 0.142. The van der Waals surface area contributed by atoms with Gasteiger partial charge in [-0.15, -0.1) is 0 Å². The summed E-state index contributed by atoms with van der Waals surface area (Å²) in [6.45, 7) is 27.6. The van der Waals surface area contributed by atoms with Crippen LogP contribution in [0.25, 0.3) is 55.6 Å². The zero-order valence-corrected chi connectivity index (χ0v) is 47.6. The van der Waals surface area contributed by atoms with Crippen molar-refractivity contribution in [3.05, 3.63) is 204 Å². The van der Waals surface area contributed by atoms with E-state index in [4.69, 9.17) is 14.2 Å². The largest absolute Gasteiger partial charge is 0.497 e. The van der Waals surface area contributed by atoms with Gasteiger partial charge in [0.1, 0.15) is 23.0 Å². The summed E-state index contributed by atoms with van der Waals surface area (Å²) >= 11 is 0. The molecule has 2 heterocycles. The molecule has 0 fully saturated rings. The molecule has 0 N–H and O–H groups in total. The van der Waals surface area contributed by atoms with Crippen molar-refractivity contribution >= 4 is 40.2 Å². The molecule has 5 heteroatoms. The van der Waals surface area contributed by atoms with Gasteiger partial charge in [0, 0.05) is 22.5 Å². The van der Waals surface area contributed by atoms with Gasteiger partial charge in [-0.25, -0.2) is 0 Å². The Morgan fingerprint density at radius 3 is 1.30 bits per heavy atom. The highest BCUT2D eigenvalue weighted by atomic mass is 16.5. The van der Waals surface area contributed by atoms with Crippen molar-refractivity contribution in [2.75, 3.05) is 19.1 Å². The minimum Gasteiger partial charge on any atom is -0.497 e. The summed E-state index contributed by atoms with van der Waals surface area (Å²) in [4.78, 5) is 2.54. The van der Waals surface area contributed by atoms with E-state index in [9.17, 15) is 0 Å². The maximum absolute atomic E-state index is 7.38. The van der Waals surface area contributed by atoms with Crippen LogP contribution in [0.4, 0.5) is 17.1 Å². The third-order valence-corrected chi connectivity index (χ3v) is 15.9. The lowest BCUT2D eigenvalue weighted by Crippen LogP contribution is -2.59. The number of anilines is 3. The van der Waals surface area contributed by atoms with Crippen molar-refractivity contribution in [2.45, 2.75) is 105 Å². The first-order chi connectivity index (χ1) is 36.6. The Morgan fingerprint density at radius 2 is 0.805 bits per heavy atom. The smallest absolute Gasteiger partial charge is 0.256 e. The Labute approximate surface area is 458 Å². The summed E-state index contributed by atoms with van der Waals surface area (Å²) < 4.78 is 19.2. The molecule has 0 spiro atoms. The average molecular weight is 1010 g/mol. The van der Waals surface area contributed by atoms with Gasteiger partial charge in [-0.3, -0.25) is 0 Å². The molecule has 2 aliphatic heterocycles. The zero-order valence-electron chi connectivity index (χ0n) is 47.6. The molecule has 0 aromatic heterocycles. The second-order valence-electron chi connectivity index (χ2n) is 25.4. The lowest BCUT2D eigenvalue weighted by atomic mass is 9.34. The van der Waals surface area contributed by atoms with E-state index in [2.05, 4.69) is 258 Å². The van der Waals surface area contributed by atoms with Gasteiger partial charge in [-0.05, 0) is 153 Å². The highest BCUT2D eigenvalue weighted by Gasteiger charge is 2.44. The molecule has 0 saturated carbocycles. The Balaban J connectivity index is 1.26. The number of nitrogens with zero attached hydrogens (tertiary/aromatic N) is 1. The summed E-state index contributed by atoms with van der Waals surface area (Å²) in [6, 6.07) is 67.6. The second-order valence-corrected chi connectivity index (χ2v) is 25.4. The zero-order chi connectivity index (χ0) is 54.3. The first kappa shape index (κ1) is 51.4. The van der Waals surface area contributed by atoms with Gasteiger partial charge in [-0.2, -0.15) is 0 Å². The maximum atomic E-state index is 7.38. The van der Waals surface area contributed by atoms with Crippen LogP contribution >= 0.6 is 0 Å². The minimum atomic E-state index is -0.190. The fraction of sp³-hybridized carbons (Fsp3) is 0.250. The third kappa shape index (κ3) is 9.64. The fourth-order valence-electron chi connectivity index (χ4n) is 11.3. The van der Waals surface area contributed by atoms with E-state index in [-0.39, 0.29) is 28.4 Å². The van der Waals surface area contributed by atoms with Crippen molar-refractivity contribution in [2.24, 2.45) is 0 Å². The molecule has 0 bridgehead atoms. The van der Waals surface area contributed by atoms with E-state index in [1.54, 1.807) is 14.2 Å². The van der Waals surface area contributed by atoms with Gasteiger partial charge in [-0.1, -0.05) is 217 Å². The van der Waals surface area contributed by atoms with Crippen molar-refractivity contribution < 1.29 is 14.2 Å². The fourth-order valence-corrected chi connectivity index (χ4v) is 11.3. The molecule has 0 unspecified atom stereocenters. The van der Waals surface area contributed by atoms with Crippen molar-refractivity contribution in [1.29, 1.82) is 0 Å². The third-order valence-electron chi connectivity index (χ3n) is 15.9. The Bertz CT molecular complexity index is 3620. The van der Waals surface area contributed by atoms with E-state index >= 15 is 0 Å². The number of para-hydroxylation sites is 1. The molecule has 0 aliphatic carbocycles. The van der Waals surface area contributed by atoms with Crippen molar-refractivity contribution in [3.8, 4) is 78.6 Å². The van der Waals surface area contributed by atoms with Crippen LogP contribution in [-0.2, 0) is 21.7 Å². The van der Waals surface area contributed by atoms with Crippen LogP contribution in [0.15, 0.2) is 182 Å². The molecule has 9 aromatic carbocycles. The van der Waals surface area contributed by atoms with E-state index in [1.165, 1.54) is 50.0 Å². The number of hydrogen-bond acceptors (Lipinski definition) is 4. The van der Waals surface area contributed by atoms with Crippen LogP contribution in [0.1, 0.15) is 105 Å². The number of ether oxygens (including phenoxy) is 3. The molecule has 0 amide bonds. The molecule has 0 atom stereocenters. The van der Waals surface area contributed by atoms with Crippen LogP contribution in [0.2, 0.25) is 0 Å². The van der Waals surface area contributed by atoms with E-state index < -0.39 is 0 Å². The van der Waals surface area contributed by atoms with E-state index in [0.29, 0.717) is 0 Å². The summed E-state index contributed by atoms with van der Waals surface area (Å²) in [5, 5.41) is 0. The van der Waals surface area contributed by atoms with Crippen LogP contribution < -0.4 is 35.5 Å². The molecule has 0 saturated heterocycles. The van der Waals surface area contributed by atoms with Gasteiger partial charge in [0.05, 0.1) is 19.9 Å². The molecule has 9 aromatic rings. The lowest BCUT2D eigenvalue weighted by Gasteiger charge is -2.42. The summed E-state index contributed by atoms with van der Waals surface area (Å²) in [5.74, 6) is 3.31. The van der Waals surface area contributed by atoms with Gasteiger partial charge in [0.25, 0.3) is 6.71 Å². The van der Waals surface area contributed by atoms with Crippen LogP contribution in [0.5, 0.6) is 23.0 Å². The Hall–Kier alpha value is -7.76. The molecule has 4 nitrogen and oxygen atoms in total. The normalized spacial score (nSPS) is 13.1. The molecule has 2 aliphatic rings. The highest BCUT2D eigenvalue weighted by Crippen LogP contribution is 2.51. The van der Waals surface area contributed by atoms with E-state index in [0.717, 1.165) is 84.4 Å². The van der Waals surface area contributed by atoms with Gasteiger partial charge >= 0.3 is 0 Å². The van der Waals surface area contributed by atoms with Gasteiger partial charge in [0.15, 0.2) is 0 Å². The van der Waals surface area contributed by atoms with Crippen LogP contribution in [0, 0.1) is 0 Å².